The fourth-order valence-electron chi connectivity index (χ4n) is 1.14. The zero-order valence-corrected chi connectivity index (χ0v) is 11.6. The smallest absolute Gasteiger partial charge is 0.149 e. The fourth-order valence-corrected chi connectivity index (χ4v) is 1.48. The Morgan fingerprint density at radius 3 is 2.47 bits per heavy atom. The van der Waals surface area contributed by atoms with Crippen LogP contribution in [0.5, 0.6) is 0 Å². The molecule has 96 valence electrons. The van der Waals surface area contributed by atoms with Gasteiger partial charge in [-0.2, -0.15) is 0 Å². The molecular formula is C12H16BrF2NO. The predicted molar refractivity (Wildman–Crippen MR) is 68.0 cm³/mol. The summed E-state index contributed by atoms with van der Waals surface area (Å²) in [6, 6.07) is 2.12. The molecule has 0 aliphatic rings. The van der Waals surface area contributed by atoms with Crippen molar-refractivity contribution in [2.45, 2.75) is 26.4 Å². The van der Waals surface area contributed by atoms with Gasteiger partial charge >= 0.3 is 0 Å². The minimum atomic E-state index is -0.951. The Hall–Kier alpha value is -0.680. The minimum Gasteiger partial charge on any atom is -0.388 e. The van der Waals surface area contributed by atoms with E-state index < -0.39 is 17.2 Å². The van der Waals surface area contributed by atoms with Crippen LogP contribution < -0.4 is 5.32 Å². The summed E-state index contributed by atoms with van der Waals surface area (Å²) in [5.74, 6) is -1.30. The second kappa shape index (κ2) is 5.31. The van der Waals surface area contributed by atoms with E-state index in [0.717, 1.165) is 6.07 Å². The predicted octanol–water partition coefficient (Wildman–Crippen LogP) is 3.55. The van der Waals surface area contributed by atoms with Crippen LogP contribution in [0.1, 0.15) is 20.8 Å². The first-order chi connectivity index (χ1) is 7.74. The molecule has 0 radical (unpaired) electrons. The molecule has 1 unspecified atom stereocenters. The van der Waals surface area contributed by atoms with E-state index in [1.807, 2.05) is 13.8 Å². The third kappa shape index (κ3) is 3.64. The lowest BCUT2D eigenvalue weighted by atomic mass is 9.92. The average Bonchev–Trinajstić information content (AvgIpc) is 2.21. The summed E-state index contributed by atoms with van der Waals surface area (Å²) in [5.41, 5.74) is -0.785. The van der Waals surface area contributed by atoms with Crippen molar-refractivity contribution < 1.29 is 13.9 Å². The van der Waals surface area contributed by atoms with Crippen molar-refractivity contribution in [1.82, 2.24) is 0 Å². The van der Waals surface area contributed by atoms with E-state index in [-0.39, 0.29) is 22.6 Å². The second-order valence-electron chi connectivity index (χ2n) is 4.61. The standard InChI is InChI=1S/C12H16BrF2NO/c1-7(2)12(3,17)6-16-11-4-8(13)9(14)5-10(11)15/h4-5,7,16-17H,6H2,1-3H3. The topological polar surface area (TPSA) is 32.3 Å². The normalized spacial score (nSPS) is 14.8. The fraction of sp³-hybridized carbons (Fsp3) is 0.500. The summed E-state index contributed by atoms with van der Waals surface area (Å²) >= 11 is 2.99. The maximum absolute atomic E-state index is 13.4. The molecule has 0 saturated heterocycles. The summed E-state index contributed by atoms with van der Waals surface area (Å²) in [5, 5.41) is 12.8. The van der Waals surface area contributed by atoms with E-state index in [1.54, 1.807) is 6.92 Å². The highest BCUT2D eigenvalue weighted by molar-refractivity contribution is 9.10. The molecule has 17 heavy (non-hydrogen) atoms. The quantitative estimate of drug-likeness (QED) is 0.834. The van der Waals surface area contributed by atoms with E-state index >= 15 is 0 Å². The number of hydrogen-bond acceptors (Lipinski definition) is 2. The first kappa shape index (κ1) is 14.4. The number of halogens is 3. The first-order valence-electron chi connectivity index (χ1n) is 5.35. The van der Waals surface area contributed by atoms with Gasteiger partial charge in [0.25, 0.3) is 0 Å². The molecular weight excluding hydrogens is 292 g/mol. The Balaban J connectivity index is 2.80. The van der Waals surface area contributed by atoms with E-state index in [1.165, 1.54) is 6.07 Å². The molecule has 0 aliphatic heterocycles. The molecule has 0 aromatic heterocycles. The van der Waals surface area contributed by atoms with Gasteiger partial charge in [0.2, 0.25) is 0 Å². The van der Waals surface area contributed by atoms with Crippen LogP contribution in [0, 0.1) is 17.6 Å². The van der Waals surface area contributed by atoms with Gasteiger partial charge in [-0.3, -0.25) is 0 Å². The van der Waals surface area contributed by atoms with Gasteiger partial charge in [-0.1, -0.05) is 13.8 Å². The van der Waals surface area contributed by atoms with Crippen LogP contribution in [-0.2, 0) is 0 Å². The van der Waals surface area contributed by atoms with Crippen molar-refractivity contribution in [3.63, 3.8) is 0 Å². The molecule has 0 bridgehead atoms. The Bertz CT molecular complexity index is 408. The van der Waals surface area contributed by atoms with Crippen LogP contribution >= 0.6 is 15.9 Å². The van der Waals surface area contributed by atoms with Crippen molar-refractivity contribution in [3.05, 3.63) is 28.2 Å². The van der Waals surface area contributed by atoms with Crippen molar-refractivity contribution in [2.24, 2.45) is 5.92 Å². The first-order valence-corrected chi connectivity index (χ1v) is 6.14. The highest BCUT2D eigenvalue weighted by Gasteiger charge is 2.24. The molecule has 1 rings (SSSR count). The number of hydrogen-bond donors (Lipinski definition) is 2. The van der Waals surface area contributed by atoms with Crippen LogP contribution in [-0.4, -0.2) is 17.3 Å². The number of anilines is 1. The lowest BCUT2D eigenvalue weighted by molar-refractivity contribution is 0.0266. The van der Waals surface area contributed by atoms with Crippen molar-refractivity contribution >= 4 is 21.6 Å². The summed E-state index contributed by atoms with van der Waals surface area (Å²) < 4.78 is 26.6. The number of nitrogens with one attached hydrogen (secondary N) is 1. The monoisotopic (exact) mass is 307 g/mol. The molecule has 1 atom stereocenters. The van der Waals surface area contributed by atoms with Gasteiger partial charge in [-0.25, -0.2) is 8.78 Å². The van der Waals surface area contributed by atoms with Gasteiger partial charge in [0, 0.05) is 12.6 Å². The Kier molecular flexibility index (Phi) is 4.49. The number of aliphatic hydroxyl groups is 1. The maximum atomic E-state index is 13.4. The van der Waals surface area contributed by atoms with Crippen LogP contribution in [0.15, 0.2) is 16.6 Å². The molecule has 0 fully saturated rings. The number of benzene rings is 1. The summed E-state index contributed by atoms with van der Waals surface area (Å²) in [7, 11) is 0. The van der Waals surface area contributed by atoms with Crippen molar-refractivity contribution in [1.29, 1.82) is 0 Å². The third-order valence-corrected chi connectivity index (χ3v) is 3.50. The Morgan fingerprint density at radius 1 is 1.35 bits per heavy atom. The molecule has 0 amide bonds. The van der Waals surface area contributed by atoms with Crippen molar-refractivity contribution in [3.8, 4) is 0 Å². The van der Waals surface area contributed by atoms with Crippen LogP contribution in [0.25, 0.3) is 0 Å². The van der Waals surface area contributed by atoms with Gasteiger partial charge in [0.15, 0.2) is 0 Å². The highest BCUT2D eigenvalue weighted by atomic mass is 79.9. The van der Waals surface area contributed by atoms with Gasteiger partial charge < -0.3 is 10.4 Å². The lowest BCUT2D eigenvalue weighted by Gasteiger charge is -2.28. The molecule has 0 spiro atoms. The van der Waals surface area contributed by atoms with E-state index in [4.69, 9.17) is 0 Å². The Labute approximate surface area is 108 Å². The largest absolute Gasteiger partial charge is 0.388 e. The molecule has 2 nitrogen and oxygen atoms in total. The van der Waals surface area contributed by atoms with Gasteiger partial charge in [0.05, 0.1) is 15.8 Å². The van der Waals surface area contributed by atoms with Gasteiger partial charge in [0.1, 0.15) is 11.6 Å². The SMILES string of the molecule is CC(C)C(C)(O)CNc1cc(Br)c(F)cc1F. The lowest BCUT2D eigenvalue weighted by Crippen LogP contribution is -2.38. The zero-order valence-electron chi connectivity index (χ0n) is 10.0. The summed E-state index contributed by atoms with van der Waals surface area (Å²) in [4.78, 5) is 0. The average molecular weight is 308 g/mol. The molecule has 0 heterocycles. The summed E-state index contributed by atoms with van der Waals surface area (Å²) in [6.45, 7) is 5.61. The van der Waals surface area contributed by atoms with Crippen LogP contribution in [0.4, 0.5) is 14.5 Å². The Morgan fingerprint density at radius 2 is 1.94 bits per heavy atom. The summed E-state index contributed by atoms with van der Waals surface area (Å²) in [6.07, 6.45) is 0. The van der Waals surface area contributed by atoms with Crippen molar-refractivity contribution in [2.75, 3.05) is 11.9 Å². The third-order valence-electron chi connectivity index (χ3n) is 2.89. The van der Waals surface area contributed by atoms with E-state index in [2.05, 4.69) is 21.2 Å². The molecule has 2 N–H and O–H groups in total. The zero-order chi connectivity index (χ0) is 13.2. The van der Waals surface area contributed by atoms with Gasteiger partial charge in [-0.15, -0.1) is 0 Å². The van der Waals surface area contributed by atoms with E-state index in [9.17, 15) is 13.9 Å². The highest BCUT2D eigenvalue weighted by Crippen LogP contribution is 2.25. The second-order valence-corrected chi connectivity index (χ2v) is 5.47. The van der Waals surface area contributed by atoms with E-state index in [0.29, 0.717) is 0 Å². The van der Waals surface area contributed by atoms with Crippen LogP contribution in [0.3, 0.4) is 0 Å². The maximum Gasteiger partial charge on any atom is 0.149 e. The molecule has 1 aromatic rings. The minimum absolute atomic E-state index is 0.0296. The molecule has 5 heteroatoms. The van der Waals surface area contributed by atoms with Crippen LogP contribution in [0.2, 0.25) is 0 Å². The molecule has 0 saturated carbocycles. The molecule has 1 aromatic carbocycles. The molecule has 0 aliphatic carbocycles. The van der Waals surface area contributed by atoms with Gasteiger partial charge in [-0.05, 0) is 34.8 Å². The number of rotatable bonds is 4.